The second-order valence-electron chi connectivity index (χ2n) is 4.59. The molecule has 0 radical (unpaired) electrons. The second-order valence-corrected chi connectivity index (χ2v) is 4.59. The van der Waals surface area contributed by atoms with Crippen molar-refractivity contribution < 1.29 is 4.74 Å². The van der Waals surface area contributed by atoms with Crippen molar-refractivity contribution in [2.75, 3.05) is 26.8 Å². The molecule has 0 saturated carbocycles. The fraction of sp³-hybridized carbons (Fsp3) is 1.00. The number of hydrogen-bond acceptors (Lipinski definition) is 3. The molecule has 92 valence electrons. The summed E-state index contributed by atoms with van der Waals surface area (Å²) in [5, 5.41) is 0. The monoisotopic (exact) mass is 216 g/mol. The zero-order chi connectivity index (χ0) is 11.9. The average Bonchev–Trinajstić information content (AvgIpc) is 2.25. The minimum atomic E-state index is -0.0371. The van der Waals surface area contributed by atoms with Crippen molar-refractivity contribution in [2.24, 2.45) is 5.73 Å². The average molecular weight is 216 g/mol. The molecule has 0 aliphatic heterocycles. The molecule has 2 unspecified atom stereocenters. The van der Waals surface area contributed by atoms with Crippen molar-refractivity contribution in [2.45, 2.75) is 52.1 Å². The summed E-state index contributed by atoms with van der Waals surface area (Å²) >= 11 is 0. The van der Waals surface area contributed by atoms with E-state index in [9.17, 15) is 0 Å². The maximum absolute atomic E-state index is 5.86. The van der Waals surface area contributed by atoms with Crippen molar-refractivity contribution in [3.63, 3.8) is 0 Å². The van der Waals surface area contributed by atoms with Gasteiger partial charge in [-0.3, -0.25) is 4.90 Å². The van der Waals surface area contributed by atoms with E-state index in [2.05, 4.69) is 32.7 Å². The lowest BCUT2D eigenvalue weighted by Gasteiger charge is -2.41. The molecule has 0 fully saturated rings. The number of rotatable bonds is 8. The molecule has 0 heterocycles. The Morgan fingerprint density at radius 3 is 2.40 bits per heavy atom. The molecule has 0 aliphatic rings. The fourth-order valence-electron chi connectivity index (χ4n) is 1.77. The minimum absolute atomic E-state index is 0.0371. The fourth-order valence-corrected chi connectivity index (χ4v) is 1.77. The maximum Gasteiger partial charge on any atom is 0.0659 e. The number of nitrogens with two attached hydrogens (primary N) is 1. The minimum Gasteiger partial charge on any atom is -0.380 e. The highest BCUT2D eigenvalue weighted by Gasteiger charge is 2.30. The Labute approximate surface area is 95.0 Å². The number of hydrogen-bond donors (Lipinski definition) is 1. The van der Waals surface area contributed by atoms with Crippen LogP contribution in [0.5, 0.6) is 0 Å². The molecule has 15 heavy (non-hydrogen) atoms. The zero-order valence-electron chi connectivity index (χ0n) is 11.0. The Hall–Kier alpha value is -0.120. The van der Waals surface area contributed by atoms with Crippen molar-refractivity contribution in [3.05, 3.63) is 0 Å². The van der Waals surface area contributed by atoms with E-state index in [1.54, 1.807) is 0 Å². The predicted octanol–water partition coefficient (Wildman–Crippen LogP) is 1.86. The normalized spacial score (nSPS) is 17.8. The van der Waals surface area contributed by atoms with E-state index in [4.69, 9.17) is 10.5 Å². The number of likely N-dealkylation sites (N-methyl/N-ethyl adjacent to an activating group) is 1. The van der Waals surface area contributed by atoms with Crippen LogP contribution in [0.2, 0.25) is 0 Å². The summed E-state index contributed by atoms with van der Waals surface area (Å²) in [6.07, 6.45) is 2.42. The molecule has 2 N–H and O–H groups in total. The molecular formula is C12H28N2O. The summed E-state index contributed by atoms with van der Waals surface area (Å²) in [4.78, 5) is 2.35. The Morgan fingerprint density at radius 1 is 1.40 bits per heavy atom. The van der Waals surface area contributed by atoms with Crippen molar-refractivity contribution >= 4 is 0 Å². The van der Waals surface area contributed by atoms with Gasteiger partial charge in [0.25, 0.3) is 0 Å². The van der Waals surface area contributed by atoms with Gasteiger partial charge in [-0.1, -0.05) is 13.3 Å². The molecule has 0 rings (SSSR count). The van der Waals surface area contributed by atoms with E-state index in [1.807, 2.05) is 6.92 Å². The van der Waals surface area contributed by atoms with Gasteiger partial charge < -0.3 is 10.5 Å². The van der Waals surface area contributed by atoms with Crippen LogP contribution in [0.15, 0.2) is 0 Å². The third-order valence-electron chi connectivity index (χ3n) is 3.28. The largest absolute Gasteiger partial charge is 0.380 e. The van der Waals surface area contributed by atoms with Crippen molar-refractivity contribution in [1.29, 1.82) is 0 Å². The zero-order valence-corrected chi connectivity index (χ0v) is 11.0. The third kappa shape index (κ3) is 4.49. The van der Waals surface area contributed by atoms with Gasteiger partial charge in [-0.25, -0.2) is 0 Å². The number of ether oxygens (including phenoxy) is 1. The van der Waals surface area contributed by atoms with Crippen LogP contribution in [0.25, 0.3) is 0 Å². The first kappa shape index (κ1) is 14.9. The first-order valence-corrected chi connectivity index (χ1v) is 6.02. The Balaban J connectivity index is 4.34. The van der Waals surface area contributed by atoms with Gasteiger partial charge in [0.2, 0.25) is 0 Å². The highest BCUT2D eigenvalue weighted by Crippen LogP contribution is 2.18. The molecule has 3 nitrogen and oxygen atoms in total. The van der Waals surface area contributed by atoms with E-state index in [-0.39, 0.29) is 5.54 Å². The molecule has 0 spiro atoms. The van der Waals surface area contributed by atoms with Crippen LogP contribution in [0.4, 0.5) is 0 Å². The van der Waals surface area contributed by atoms with Gasteiger partial charge in [0, 0.05) is 19.2 Å². The SMILES string of the molecule is CCCC(C)N(C)C(C)(CN)COCC. The summed E-state index contributed by atoms with van der Waals surface area (Å²) in [7, 11) is 2.15. The van der Waals surface area contributed by atoms with Gasteiger partial charge in [-0.05, 0) is 34.2 Å². The van der Waals surface area contributed by atoms with Crippen LogP contribution in [0.3, 0.4) is 0 Å². The Kier molecular flexibility index (Phi) is 7.14. The van der Waals surface area contributed by atoms with E-state index in [1.165, 1.54) is 12.8 Å². The highest BCUT2D eigenvalue weighted by atomic mass is 16.5. The summed E-state index contributed by atoms with van der Waals surface area (Å²) < 4.78 is 5.52. The van der Waals surface area contributed by atoms with Crippen LogP contribution in [0.1, 0.15) is 40.5 Å². The molecule has 2 atom stereocenters. The van der Waals surface area contributed by atoms with Crippen LogP contribution in [0, 0.1) is 0 Å². The highest BCUT2D eigenvalue weighted by molar-refractivity contribution is 4.88. The van der Waals surface area contributed by atoms with Crippen LogP contribution >= 0.6 is 0 Å². The molecular weight excluding hydrogens is 188 g/mol. The van der Waals surface area contributed by atoms with Gasteiger partial charge in [-0.2, -0.15) is 0 Å². The lowest BCUT2D eigenvalue weighted by molar-refractivity contribution is 0.00422. The third-order valence-corrected chi connectivity index (χ3v) is 3.28. The molecule has 0 aliphatic carbocycles. The maximum atomic E-state index is 5.86. The van der Waals surface area contributed by atoms with Crippen molar-refractivity contribution in [3.8, 4) is 0 Å². The van der Waals surface area contributed by atoms with E-state index < -0.39 is 0 Å². The molecule has 0 bridgehead atoms. The van der Waals surface area contributed by atoms with Crippen molar-refractivity contribution in [1.82, 2.24) is 4.90 Å². The topological polar surface area (TPSA) is 38.5 Å². The van der Waals surface area contributed by atoms with Gasteiger partial charge in [0.15, 0.2) is 0 Å². The van der Waals surface area contributed by atoms with Gasteiger partial charge in [-0.15, -0.1) is 0 Å². The first-order chi connectivity index (χ1) is 7.01. The van der Waals surface area contributed by atoms with Crippen LogP contribution < -0.4 is 5.73 Å². The summed E-state index contributed by atoms with van der Waals surface area (Å²) in [6.45, 7) is 10.8. The smallest absolute Gasteiger partial charge is 0.0659 e. The van der Waals surface area contributed by atoms with E-state index >= 15 is 0 Å². The van der Waals surface area contributed by atoms with E-state index in [0.717, 1.165) is 6.61 Å². The molecule has 0 aromatic rings. The van der Waals surface area contributed by atoms with E-state index in [0.29, 0.717) is 19.2 Å². The summed E-state index contributed by atoms with van der Waals surface area (Å²) in [5.74, 6) is 0. The standard InChI is InChI=1S/C12H28N2O/c1-6-8-11(3)14(5)12(4,9-13)10-15-7-2/h11H,6-10,13H2,1-5H3. The molecule has 0 aromatic heterocycles. The molecule has 0 amide bonds. The predicted molar refractivity (Wildman–Crippen MR) is 66.1 cm³/mol. The van der Waals surface area contributed by atoms with Crippen LogP contribution in [-0.4, -0.2) is 43.3 Å². The lowest BCUT2D eigenvalue weighted by atomic mass is 9.98. The first-order valence-electron chi connectivity index (χ1n) is 6.02. The lowest BCUT2D eigenvalue weighted by Crippen LogP contribution is -2.56. The summed E-state index contributed by atoms with van der Waals surface area (Å²) in [5.41, 5.74) is 5.82. The molecule has 0 saturated heterocycles. The van der Waals surface area contributed by atoms with Gasteiger partial charge >= 0.3 is 0 Å². The quantitative estimate of drug-likeness (QED) is 0.673. The Bertz CT molecular complexity index is 164. The molecule has 0 aromatic carbocycles. The van der Waals surface area contributed by atoms with Gasteiger partial charge in [0.1, 0.15) is 0 Å². The second kappa shape index (κ2) is 7.20. The van der Waals surface area contributed by atoms with Crippen LogP contribution in [-0.2, 0) is 4.74 Å². The van der Waals surface area contributed by atoms with Gasteiger partial charge in [0.05, 0.1) is 12.1 Å². The summed E-state index contributed by atoms with van der Waals surface area (Å²) in [6, 6.07) is 0.559. The number of nitrogens with zero attached hydrogens (tertiary/aromatic N) is 1. The molecule has 3 heteroatoms. The Morgan fingerprint density at radius 2 is 2.00 bits per heavy atom.